The van der Waals surface area contributed by atoms with Crippen LogP contribution in [0.15, 0.2) is 24.3 Å². The maximum absolute atomic E-state index is 11.7. The Morgan fingerprint density at radius 3 is 2.24 bits per heavy atom. The molecule has 0 amide bonds. The Bertz CT molecular complexity index is 584. The van der Waals surface area contributed by atoms with Gasteiger partial charge in [-0.25, -0.2) is 0 Å². The number of hydrogen-bond donors (Lipinski definition) is 1. The van der Waals surface area contributed by atoms with Crippen molar-refractivity contribution >= 4 is 11.9 Å². The molecule has 0 unspecified atom stereocenters. The summed E-state index contributed by atoms with van der Waals surface area (Å²) in [5.74, 6) is 2.48. The van der Waals surface area contributed by atoms with Crippen LogP contribution in [0.5, 0.6) is 5.75 Å². The molecule has 1 aliphatic heterocycles. The molecule has 5 nitrogen and oxygen atoms in total. The van der Waals surface area contributed by atoms with Crippen LogP contribution in [0.25, 0.3) is 0 Å². The van der Waals surface area contributed by atoms with E-state index in [4.69, 9.17) is 14.6 Å². The Morgan fingerprint density at radius 1 is 1.10 bits per heavy atom. The summed E-state index contributed by atoms with van der Waals surface area (Å²) in [5, 5.41) is 9.16. The third-order valence-electron chi connectivity index (χ3n) is 2.92. The second-order valence-electron chi connectivity index (χ2n) is 5.20. The first-order chi connectivity index (χ1) is 9.87. The minimum absolute atomic E-state index is 0.0752. The molecule has 1 heterocycles. The molecule has 0 radical (unpaired) electrons. The summed E-state index contributed by atoms with van der Waals surface area (Å²) in [4.78, 5) is 23.4. The van der Waals surface area contributed by atoms with E-state index in [2.05, 4.69) is 11.8 Å². The number of rotatable bonds is 2. The smallest absolute Gasteiger partial charge is 0.324 e. The normalized spacial score (nSPS) is 17.4. The maximum Gasteiger partial charge on any atom is 0.324 e. The number of aromatic hydroxyl groups is 1. The molecule has 1 aromatic carbocycles. The number of esters is 2. The molecular formula is C16H16O5. The minimum Gasteiger partial charge on any atom is -0.508 e. The van der Waals surface area contributed by atoms with Gasteiger partial charge in [0, 0.05) is 26.7 Å². The molecule has 1 aliphatic rings. The van der Waals surface area contributed by atoms with Gasteiger partial charge >= 0.3 is 11.9 Å². The van der Waals surface area contributed by atoms with Gasteiger partial charge in [-0.1, -0.05) is 18.1 Å². The van der Waals surface area contributed by atoms with Crippen molar-refractivity contribution in [2.45, 2.75) is 32.5 Å². The van der Waals surface area contributed by atoms with E-state index in [1.165, 1.54) is 13.8 Å². The van der Waals surface area contributed by atoms with E-state index in [1.54, 1.807) is 24.3 Å². The quantitative estimate of drug-likeness (QED) is 0.510. The van der Waals surface area contributed by atoms with Crippen LogP contribution in [0.3, 0.4) is 0 Å². The van der Waals surface area contributed by atoms with E-state index in [0.717, 1.165) is 5.56 Å². The molecule has 1 aromatic rings. The summed E-state index contributed by atoms with van der Waals surface area (Å²) in [6, 6.07) is 6.68. The van der Waals surface area contributed by atoms with Crippen LogP contribution in [0.1, 0.15) is 25.8 Å². The second-order valence-corrected chi connectivity index (χ2v) is 5.20. The summed E-state index contributed by atoms with van der Waals surface area (Å²) in [6.07, 6.45) is 0.550. The lowest BCUT2D eigenvalue weighted by Crippen LogP contribution is -2.46. The number of phenolic OH excluding ortho intramolecular Hbond substituents is 1. The number of carbonyl (C=O) groups is 2. The topological polar surface area (TPSA) is 72.8 Å². The first kappa shape index (κ1) is 14.9. The SMILES string of the molecule is CC1(C)OC(=O)C(CC#CCc2ccc(O)cc2)C(=O)O1. The molecule has 0 spiro atoms. The standard InChI is InChI=1S/C16H16O5/c1-16(2)20-14(18)13(15(19)21-16)6-4-3-5-11-7-9-12(17)10-8-11/h7-10,13,17H,5-6H2,1-2H3. The Labute approximate surface area is 122 Å². The van der Waals surface area contributed by atoms with Crippen molar-refractivity contribution in [2.24, 2.45) is 5.92 Å². The van der Waals surface area contributed by atoms with E-state index in [1.807, 2.05) is 0 Å². The lowest BCUT2D eigenvalue weighted by atomic mass is 10.0. The molecule has 0 saturated carbocycles. The fraction of sp³-hybridized carbons (Fsp3) is 0.375. The number of cyclic esters (lactones) is 2. The van der Waals surface area contributed by atoms with Crippen molar-refractivity contribution in [1.29, 1.82) is 0 Å². The van der Waals surface area contributed by atoms with Crippen molar-refractivity contribution in [3.05, 3.63) is 29.8 Å². The summed E-state index contributed by atoms with van der Waals surface area (Å²) < 4.78 is 10.0. The zero-order chi connectivity index (χ0) is 15.5. The molecule has 1 saturated heterocycles. The first-order valence-corrected chi connectivity index (χ1v) is 6.57. The average Bonchev–Trinajstić information content (AvgIpc) is 2.38. The van der Waals surface area contributed by atoms with Crippen molar-refractivity contribution in [1.82, 2.24) is 0 Å². The van der Waals surface area contributed by atoms with E-state index in [9.17, 15) is 9.59 Å². The molecule has 110 valence electrons. The van der Waals surface area contributed by atoms with Gasteiger partial charge in [0.05, 0.1) is 0 Å². The molecule has 5 heteroatoms. The number of hydrogen-bond acceptors (Lipinski definition) is 5. The second kappa shape index (κ2) is 5.88. The van der Waals surface area contributed by atoms with Gasteiger partial charge in [0.25, 0.3) is 5.79 Å². The fourth-order valence-electron chi connectivity index (χ4n) is 1.86. The van der Waals surface area contributed by atoms with Crippen LogP contribution >= 0.6 is 0 Å². The highest BCUT2D eigenvalue weighted by atomic mass is 16.7. The van der Waals surface area contributed by atoms with E-state index in [0.29, 0.717) is 6.42 Å². The average molecular weight is 288 g/mol. The van der Waals surface area contributed by atoms with Gasteiger partial charge in [0.1, 0.15) is 5.75 Å². The molecule has 0 aromatic heterocycles. The monoisotopic (exact) mass is 288 g/mol. The van der Waals surface area contributed by atoms with Gasteiger partial charge in [-0.15, -0.1) is 5.92 Å². The molecular weight excluding hydrogens is 272 g/mol. The van der Waals surface area contributed by atoms with Gasteiger partial charge in [0.15, 0.2) is 5.92 Å². The third-order valence-corrected chi connectivity index (χ3v) is 2.92. The van der Waals surface area contributed by atoms with Crippen LogP contribution in [0.2, 0.25) is 0 Å². The van der Waals surface area contributed by atoms with Crippen LogP contribution in [0.4, 0.5) is 0 Å². The largest absolute Gasteiger partial charge is 0.508 e. The van der Waals surface area contributed by atoms with Gasteiger partial charge in [0.2, 0.25) is 0 Å². The zero-order valence-corrected chi connectivity index (χ0v) is 11.9. The van der Waals surface area contributed by atoms with Crippen LogP contribution in [-0.4, -0.2) is 22.8 Å². The van der Waals surface area contributed by atoms with Crippen LogP contribution in [-0.2, 0) is 25.5 Å². The summed E-state index contributed by atoms with van der Waals surface area (Å²) >= 11 is 0. The highest BCUT2D eigenvalue weighted by Crippen LogP contribution is 2.24. The van der Waals surface area contributed by atoms with Crippen molar-refractivity contribution in [3.8, 4) is 17.6 Å². The Hall–Kier alpha value is -2.48. The van der Waals surface area contributed by atoms with Crippen molar-refractivity contribution < 1.29 is 24.2 Å². The zero-order valence-electron chi connectivity index (χ0n) is 11.9. The Balaban J connectivity index is 1.91. The molecule has 0 aliphatic carbocycles. The Kier molecular flexibility index (Phi) is 4.18. The van der Waals surface area contributed by atoms with Crippen molar-refractivity contribution in [3.63, 3.8) is 0 Å². The van der Waals surface area contributed by atoms with Crippen molar-refractivity contribution in [2.75, 3.05) is 0 Å². The van der Waals surface area contributed by atoms with E-state index < -0.39 is 23.6 Å². The van der Waals surface area contributed by atoms with Gasteiger partial charge in [-0.3, -0.25) is 9.59 Å². The van der Waals surface area contributed by atoms with Gasteiger partial charge < -0.3 is 14.6 Å². The number of ether oxygens (including phenoxy) is 2. The molecule has 1 fully saturated rings. The van der Waals surface area contributed by atoms with Gasteiger partial charge in [-0.2, -0.15) is 0 Å². The summed E-state index contributed by atoms with van der Waals surface area (Å²) in [5.41, 5.74) is 0.940. The number of carbonyl (C=O) groups excluding carboxylic acids is 2. The molecule has 2 rings (SSSR count). The predicted molar refractivity (Wildman–Crippen MR) is 74.0 cm³/mol. The molecule has 0 bridgehead atoms. The summed E-state index contributed by atoms with van der Waals surface area (Å²) in [7, 11) is 0. The highest BCUT2D eigenvalue weighted by Gasteiger charge is 2.42. The summed E-state index contributed by atoms with van der Waals surface area (Å²) in [6.45, 7) is 3.02. The highest BCUT2D eigenvalue weighted by molar-refractivity contribution is 5.96. The minimum atomic E-state index is -1.20. The molecule has 0 atom stereocenters. The van der Waals surface area contributed by atoms with E-state index >= 15 is 0 Å². The van der Waals surface area contributed by atoms with Crippen LogP contribution in [0, 0.1) is 17.8 Å². The lowest BCUT2D eigenvalue weighted by Gasteiger charge is -2.32. The number of benzene rings is 1. The lowest BCUT2D eigenvalue weighted by molar-refractivity contribution is -0.239. The third kappa shape index (κ3) is 3.99. The van der Waals surface area contributed by atoms with Gasteiger partial charge in [-0.05, 0) is 17.7 Å². The van der Waals surface area contributed by atoms with E-state index in [-0.39, 0.29) is 12.2 Å². The number of phenols is 1. The Morgan fingerprint density at radius 2 is 1.67 bits per heavy atom. The first-order valence-electron chi connectivity index (χ1n) is 6.57. The molecule has 1 N–H and O–H groups in total. The predicted octanol–water partition coefficient (Wildman–Crippen LogP) is 1.78. The fourth-order valence-corrected chi connectivity index (χ4v) is 1.86. The van der Waals surface area contributed by atoms with Crippen LogP contribution < -0.4 is 0 Å². The molecule has 21 heavy (non-hydrogen) atoms. The maximum atomic E-state index is 11.7.